The van der Waals surface area contributed by atoms with E-state index in [2.05, 4.69) is 18.4 Å². The molecule has 1 aliphatic rings. The molecule has 0 aliphatic heterocycles. The van der Waals surface area contributed by atoms with Crippen LogP contribution in [0.5, 0.6) is 0 Å². The normalized spacial score (nSPS) is 15.3. The molecule has 0 radical (unpaired) electrons. The van der Waals surface area contributed by atoms with Gasteiger partial charge in [-0.3, -0.25) is 0 Å². The minimum Gasteiger partial charge on any atom is -0.478 e. The van der Waals surface area contributed by atoms with Crippen molar-refractivity contribution in [2.75, 3.05) is 0 Å². The van der Waals surface area contributed by atoms with Crippen LogP contribution in [-0.4, -0.2) is 20.6 Å². The van der Waals surface area contributed by atoms with Crippen molar-refractivity contribution in [3.05, 3.63) is 29.6 Å². The van der Waals surface area contributed by atoms with Crippen molar-refractivity contribution in [2.24, 2.45) is 5.92 Å². The molecule has 4 nitrogen and oxygen atoms in total. The Hall–Kier alpha value is -1.84. The number of imidazole rings is 1. The third-order valence-corrected chi connectivity index (χ3v) is 3.51. The summed E-state index contributed by atoms with van der Waals surface area (Å²) in [5.74, 6) is 1.33. The summed E-state index contributed by atoms with van der Waals surface area (Å²) in [6.45, 7) is 5.23. The summed E-state index contributed by atoms with van der Waals surface area (Å²) in [4.78, 5) is 15.8. The average Bonchev–Trinajstić information content (AvgIpc) is 3.13. The van der Waals surface area contributed by atoms with Crippen molar-refractivity contribution in [1.82, 2.24) is 9.55 Å². The van der Waals surface area contributed by atoms with Gasteiger partial charge in [-0.15, -0.1) is 0 Å². The van der Waals surface area contributed by atoms with E-state index in [9.17, 15) is 4.79 Å². The zero-order valence-electron chi connectivity index (χ0n) is 11.3. The van der Waals surface area contributed by atoms with Crippen LogP contribution in [0.3, 0.4) is 0 Å². The summed E-state index contributed by atoms with van der Waals surface area (Å²) in [6, 6.07) is 5.20. The fourth-order valence-corrected chi connectivity index (χ4v) is 2.48. The quantitative estimate of drug-likeness (QED) is 0.915. The highest BCUT2D eigenvalue weighted by molar-refractivity contribution is 5.92. The molecule has 0 amide bonds. The minimum atomic E-state index is -0.882. The summed E-state index contributed by atoms with van der Waals surface area (Å²) < 4.78 is 2.21. The van der Waals surface area contributed by atoms with Gasteiger partial charge in [-0.2, -0.15) is 0 Å². The lowest BCUT2D eigenvalue weighted by atomic mass is 10.2. The molecule has 2 aromatic rings. The van der Waals surface area contributed by atoms with Crippen molar-refractivity contribution in [3.63, 3.8) is 0 Å². The Labute approximate surface area is 112 Å². The zero-order valence-corrected chi connectivity index (χ0v) is 11.3. The van der Waals surface area contributed by atoms with Crippen molar-refractivity contribution in [1.29, 1.82) is 0 Å². The van der Waals surface area contributed by atoms with Gasteiger partial charge in [0.1, 0.15) is 5.82 Å². The first-order valence-corrected chi connectivity index (χ1v) is 6.79. The highest BCUT2D eigenvalue weighted by Gasteiger charge is 2.29. The molecule has 1 aliphatic carbocycles. The van der Waals surface area contributed by atoms with E-state index in [0.717, 1.165) is 23.4 Å². The molecule has 0 atom stereocenters. The van der Waals surface area contributed by atoms with Crippen LogP contribution < -0.4 is 0 Å². The number of carboxylic acid groups (broad SMARTS) is 1. The highest BCUT2D eigenvalue weighted by atomic mass is 16.4. The Kier molecular flexibility index (Phi) is 2.81. The Balaban J connectivity index is 2.17. The van der Waals surface area contributed by atoms with Crippen LogP contribution in [0.4, 0.5) is 0 Å². The summed E-state index contributed by atoms with van der Waals surface area (Å²) >= 11 is 0. The van der Waals surface area contributed by atoms with Gasteiger partial charge in [-0.1, -0.05) is 13.8 Å². The first-order chi connectivity index (χ1) is 9.06. The van der Waals surface area contributed by atoms with Crippen LogP contribution in [0.1, 0.15) is 48.8 Å². The number of nitrogens with zero attached hydrogens (tertiary/aromatic N) is 2. The highest BCUT2D eigenvalue weighted by Crippen LogP contribution is 2.41. The van der Waals surface area contributed by atoms with E-state index in [1.54, 1.807) is 12.1 Å². The number of hydrogen-bond acceptors (Lipinski definition) is 2. The van der Waals surface area contributed by atoms with Crippen LogP contribution in [-0.2, 0) is 6.54 Å². The second kappa shape index (κ2) is 4.37. The van der Waals surface area contributed by atoms with Crippen LogP contribution >= 0.6 is 0 Å². The molecular formula is C15H18N2O2. The molecule has 1 aromatic heterocycles. The van der Waals surface area contributed by atoms with Gasteiger partial charge in [0.25, 0.3) is 0 Å². The summed E-state index contributed by atoms with van der Waals surface area (Å²) in [5.41, 5.74) is 2.20. The van der Waals surface area contributed by atoms with Crippen LogP contribution in [0.25, 0.3) is 11.0 Å². The maximum Gasteiger partial charge on any atom is 0.335 e. The Morgan fingerprint density at radius 3 is 2.79 bits per heavy atom. The first kappa shape index (κ1) is 12.2. The van der Waals surface area contributed by atoms with Crippen molar-refractivity contribution in [3.8, 4) is 0 Å². The molecule has 1 saturated carbocycles. The third-order valence-electron chi connectivity index (χ3n) is 3.51. The van der Waals surface area contributed by atoms with Gasteiger partial charge in [0.05, 0.1) is 16.6 Å². The number of rotatable bonds is 4. The van der Waals surface area contributed by atoms with Gasteiger partial charge in [0.15, 0.2) is 0 Å². The Bertz CT molecular complexity index is 639. The molecular weight excluding hydrogens is 240 g/mol. The average molecular weight is 258 g/mol. The molecule has 1 fully saturated rings. The molecule has 3 rings (SSSR count). The number of hydrogen-bond donors (Lipinski definition) is 1. The second-order valence-corrected chi connectivity index (χ2v) is 5.76. The number of fused-ring (bicyclic) bond motifs is 1. The van der Waals surface area contributed by atoms with Gasteiger partial charge in [0.2, 0.25) is 0 Å². The molecule has 0 bridgehead atoms. The van der Waals surface area contributed by atoms with Crippen LogP contribution in [0, 0.1) is 5.92 Å². The van der Waals surface area contributed by atoms with Gasteiger partial charge in [0, 0.05) is 12.5 Å². The largest absolute Gasteiger partial charge is 0.478 e. The fraction of sp³-hybridized carbons (Fsp3) is 0.467. The SMILES string of the molecule is CC(C)Cn1c(C2CC2)nc2ccc(C(=O)O)cc21. The Morgan fingerprint density at radius 1 is 1.47 bits per heavy atom. The summed E-state index contributed by atoms with van der Waals surface area (Å²) in [7, 11) is 0. The van der Waals surface area contributed by atoms with E-state index >= 15 is 0 Å². The van der Waals surface area contributed by atoms with E-state index < -0.39 is 5.97 Å². The predicted molar refractivity (Wildman–Crippen MR) is 73.5 cm³/mol. The lowest BCUT2D eigenvalue weighted by Crippen LogP contribution is -2.08. The van der Waals surface area contributed by atoms with Crippen LogP contribution in [0.15, 0.2) is 18.2 Å². The topological polar surface area (TPSA) is 55.1 Å². The summed E-state index contributed by atoms with van der Waals surface area (Å²) in [6.07, 6.45) is 2.40. The number of aromatic carboxylic acids is 1. The second-order valence-electron chi connectivity index (χ2n) is 5.76. The standard InChI is InChI=1S/C15H18N2O2/c1-9(2)8-17-13-7-11(15(18)19)5-6-12(13)16-14(17)10-3-4-10/h5-7,9-10H,3-4,8H2,1-2H3,(H,18,19). The molecule has 1 N–H and O–H groups in total. The smallest absolute Gasteiger partial charge is 0.335 e. The van der Waals surface area contributed by atoms with Crippen molar-refractivity contribution >= 4 is 17.0 Å². The molecule has 1 aromatic carbocycles. The maximum atomic E-state index is 11.1. The predicted octanol–water partition coefficient (Wildman–Crippen LogP) is 3.27. The van der Waals surface area contributed by atoms with E-state index in [-0.39, 0.29) is 0 Å². The molecule has 0 unspecified atom stereocenters. The monoisotopic (exact) mass is 258 g/mol. The van der Waals surface area contributed by atoms with E-state index in [4.69, 9.17) is 10.1 Å². The van der Waals surface area contributed by atoms with Gasteiger partial charge in [-0.05, 0) is 37.0 Å². The lowest BCUT2D eigenvalue weighted by molar-refractivity contribution is 0.0697. The number of carbonyl (C=O) groups is 1. The third kappa shape index (κ3) is 2.23. The molecule has 0 saturated heterocycles. The number of benzene rings is 1. The molecule has 19 heavy (non-hydrogen) atoms. The molecule has 4 heteroatoms. The van der Waals surface area contributed by atoms with E-state index in [0.29, 0.717) is 17.4 Å². The van der Waals surface area contributed by atoms with Gasteiger partial charge < -0.3 is 9.67 Å². The molecule has 1 heterocycles. The fourth-order valence-electron chi connectivity index (χ4n) is 2.48. The lowest BCUT2D eigenvalue weighted by Gasteiger charge is -2.11. The Morgan fingerprint density at radius 2 is 2.21 bits per heavy atom. The molecule has 0 spiro atoms. The first-order valence-electron chi connectivity index (χ1n) is 6.79. The zero-order chi connectivity index (χ0) is 13.6. The maximum absolute atomic E-state index is 11.1. The number of aromatic nitrogens is 2. The summed E-state index contributed by atoms with van der Waals surface area (Å²) in [5, 5.41) is 9.12. The minimum absolute atomic E-state index is 0.333. The van der Waals surface area contributed by atoms with E-state index in [1.807, 2.05) is 6.07 Å². The van der Waals surface area contributed by atoms with Crippen LogP contribution in [0.2, 0.25) is 0 Å². The van der Waals surface area contributed by atoms with E-state index in [1.165, 1.54) is 12.8 Å². The van der Waals surface area contributed by atoms with Crippen molar-refractivity contribution < 1.29 is 9.90 Å². The van der Waals surface area contributed by atoms with Crippen molar-refractivity contribution in [2.45, 2.75) is 39.2 Å². The van der Waals surface area contributed by atoms with Gasteiger partial charge in [-0.25, -0.2) is 9.78 Å². The number of carboxylic acids is 1. The molecule has 100 valence electrons. The van der Waals surface area contributed by atoms with Gasteiger partial charge >= 0.3 is 5.97 Å².